The minimum Gasteiger partial charge on any atom is -0.493 e. The summed E-state index contributed by atoms with van der Waals surface area (Å²) < 4.78 is 17.4. The number of piperazine rings is 1. The van der Waals surface area contributed by atoms with Gasteiger partial charge in [-0.2, -0.15) is 4.98 Å². The monoisotopic (exact) mass is 537 g/mol. The predicted octanol–water partition coefficient (Wildman–Crippen LogP) is 2.77. The second-order valence-corrected chi connectivity index (χ2v) is 9.51. The topological polar surface area (TPSA) is 124 Å². The SMILES string of the molecule is COC(=O)N1CCN(c2cc(C(C)C)nc(-n3ccnc3)n2)C(CC(=O)NCc2ccc(OC)c(OC)c2)C1. The Morgan fingerprint density at radius 1 is 1.08 bits per heavy atom. The molecule has 0 bridgehead atoms. The van der Waals surface area contributed by atoms with Crippen molar-refractivity contribution < 1.29 is 23.8 Å². The molecule has 1 fully saturated rings. The Balaban J connectivity index is 1.56. The summed E-state index contributed by atoms with van der Waals surface area (Å²) >= 11 is 0. The van der Waals surface area contributed by atoms with Crippen LogP contribution in [0.15, 0.2) is 43.0 Å². The lowest BCUT2D eigenvalue weighted by Crippen LogP contribution is -2.56. The Morgan fingerprint density at radius 2 is 1.87 bits per heavy atom. The zero-order valence-corrected chi connectivity index (χ0v) is 23.0. The molecule has 1 N–H and O–H groups in total. The van der Waals surface area contributed by atoms with Crippen LogP contribution < -0.4 is 19.7 Å². The van der Waals surface area contributed by atoms with Crippen LogP contribution >= 0.6 is 0 Å². The average molecular weight is 538 g/mol. The number of amides is 2. The van der Waals surface area contributed by atoms with Gasteiger partial charge in [-0.15, -0.1) is 0 Å². The molecule has 12 heteroatoms. The number of rotatable bonds is 9. The molecule has 3 aromatic rings. The van der Waals surface area contributed by atoms with E-state index in [1.807, 2.05) is 18.2 Å². The third-order valence-corrected chi connectivity index (χ3v) is 6.62. The second kappa shape index (κ2) is 12.5. The van der Waals surface area contributed by atoms with Gasteiger partial charge in [0, 0.05) is 51.1 Å². The van der Waals surface area contributed by atoms with Gasteiger partial charge in [-0.05, 0) is 23.6 Å². The largest absolute Gasteiger partial charge is 0.493 e. The summed E-state index contributed by atoms with van der Waals surface area (Å²) in [5.74, 6) is 2.41. The summed E-state index contributed by atoms with van der Waals surface area (Å²) in [6, 6.07) is 7.13. The van der Waals surface area contributed by atoms with E-state index < -0.39 is 6.09 Å². The molecule has 0 spiro atoms. The van der Waals surface area contributed by atoms with Gasteiger partial charge in [0.2, 0.25) is 11.9 Å². The standard InChI is InChI=1S/C27H35N7O5/c1-18(2)21-14-24(31-26(30-21)33-9-8-28-17-33)34-11-10-32(27(36)39-5)16-20(34)13-25(35)29-15-19-6-7-22(37-3)23(12-19)38-4/h6-9,12,14,17-18,20H,10-11,13,15-16H2,1-5H3,(H,29,35). The zero-order chi connectivity index (χ0) is 27.9. The molecule has 1 aliphatic rings. The highest BCUT2D eigenvalue weighted by Crippen LogP contribution is 2.28. The van der Waals surface area contributed by atoms with Gasteiger partial charge in [0.15, 0.2) is 11.5 Å². The van der Waals surface area contributed by atoms with Crippen molar-refractivity contribution in [2.45, 2.75) is 38.8 Å². The van der Waals surface area contributed by atoms with Crippen molar-refractivity contribution in [3.05, 3.63) is 54.2 Å². The average Bonchev–Trinajstić information content (AvgIpc) is 3.50. The molecule has 2 aromatic heterocycles. The normalized spacial score (nSPS) is 15.3. The van der Waals surface area contributed by atoms with E-state index in [0.717, 1.165) is 11.3 Å². The van der Waals surface area contributed by atoms with Crippen molar-refractivity contribution in [1.82, 2.24) is 29.7 Å². The third-order valence-electron chi connectivity index (χ3n) is 6.62. The fourth-order valence-electron chi connectivity index (χ4n) is 4.48. The third kappa shape index (κ3) is 6.57. The Bertz CT molecular complexity index is 1280. The van der Waals surface area contributed by atoms with Crippen LogP contribution in [0.25, 0.3) is 5.95 Å². The van der Waals surface area contributed by atoms with Gasteiger partial charge >= 0.3 is 6.09 Å². The van der Waals surface area contributed by atoms with Crippen molar-refractivity contribution >= 4 is 17.8 Å². The predicted molar refractivity (Wildman–Crippen MR) is 144 cm³/mol. The molecule has 2 amide bonds. The summed E-state index contributed by atoms with van der Waals surface area (Å²) in [4.78, 5) is 42.8. The first-order valence-electron chi connectivity index (χ1n) is 12.8. The van der Waals surface area contributed by atoms with Gasteiger partial charge in [-0.25, -0.2) is 14.8 Å². The molecule has 12 nitrogen and oxygen atoms in total. The molecule has 4 rings (SSSR count). The van der Waals surface area contributed by atoms with Gasteiger partial charge in [0.05, 0.1) is 33.1 Å². The molecule has 1 aliphatic heterocycles. The van der Waals surface area contributed by atoms with E-state index >= 15 is 0 Å². The highest BCUT2D eigenvalue weighted by atomic mass is 16.5. The molecular formula is C27H35N7O5. The maximum absolute atomic E-state index is 13.1. The molecule has 39 heavy (non-hydrogen) atoms. The number of nitrogens with zero attached hydrogens (tertiary/aromatic N) is 6. The summed E-state index contributed by atoms with van der Waals surface area (Å²) in [6.45, 7) is 5.70. The number of hydrogen-bond acceptors (Lipinski definition) is 9. The van der Waals surface area contributed by atoms with E-state index in [2.05, 4.69) is 29.0 Å². The highest BCUT2D eigenvalue weighted by molar-refractivity contribution is 5.77. The fraction of sp³-hybridized carbons (Fsp3) is 0.444. The van der Waals surface area contributed by atoms with E-state index in [1.165, 1.54) is 7.11 Å². The number of aromatic nitrogens is 4. The molecule has 3 heterocycles. The molecule has 208 valence electrons. The zero-order valence-electron chi connectivity index (χ0n) is 23.0. The van der Waals surface area contributed by atoms with Crippen molar-refractivity contribution in [2.75, 3.05) is 45.9 Å². The van der Waals surface area contributed by atoms with Gasteiger partial charge in [-0.1, -0.05) is 19.9 Å². The number of hydrogen-bond donors (Lipinski definition) is 1. The van der Waals surface area contributed by atoms with E-state index in [4.69, 9.17) is 24.2 Å². The quantitative estimate of drug-likeness (QED) is 0.439. The van der Waals surface area contributed by atoms with E-state index in [-0.39, 0.29) is 24.3 Å². The minimum absolute atomic E-state index is 0.153. The first kappa shape index (κ1) is 27.7. The summed E-state index contributed by atoms with van der Waals surface area (Å²) in [6.07, 6.45) is 4.85. The van der Waals surface area contributed by atoms with Crippen LogP contribution in [0.2, 0.25) is 0 Å². The maximum Gasteiger partial charge on any atom is 0.409 e. The summed E-state index contributed by atoms with van der Waals surface area (Å²) in [5.41, 5.74) is 1.75. The molecule has 1 saturated heterocycles. The van der Waals surface area contributed by atoms with E-state index in [1.54, 1.807) is 48.5 Å². The number of anilines is 1. The van der Waals surface area contributed by atoms with E-state index in [9.17, 15) is 9.59 Å². The van der Waals surface area contributed by atoms with E-state index in [0.29, 0.717) is 49.4 Å². The van der Waals surface area contributed by atoms with Crippen molar-refractivity contribution in [3.8, 4) is 17.4 Å². The lowest BCUT2D eigenvalue weighted by atomic mass is 10.1. The molecule has 0 saturated carbocycles. The molecule has 1 aromatic carbocycles. The van der Waals surface area contributed by atoms with Gasteiger partial charge < -0.3 is 29.3 Å². The van der Waals surface area contributed by atoms with Crippen LogP contribution in [-0.4, -0.2) is 83.4 Å². The van der Waals surface area contributed by atoms with Crippen LogP contribution in [-0.2, 0) is 16.1 Å². The van der Waals surface area contributed by atoms with Crippen molar-refractivity contribution in [1.29, 1.82) is 0 Å². The van der Waals surface area contributed by atoms with Crippen LogP contribution in [0.5, 0.6) is 11.5 Å². The first-order chi connectivity index (χ1) is 18.8. The van der Waals surface area contributed by atoms with Crippen LogP contribution in [0.4, 0.5) is 10.6 Å². The van der Waals surface area contributed by atoms with Crippen molar-refractivity contribution in [3.63, 3.8) is 0 Å². The van der Waals surface area contributed by atoms with Crippen LogP contribution in [0.1, 0.15) is 37.4 Å². The van der Waals surface area contributed by atoms with Gasteiger partial charge in [0.25, 0.3) is 0 Å². The molecule has 1 atom stereocenters. The number of carbonyl (C=O) groups is 2. The van der Waals surface area contributed by atoms with Crippen molar-refractivity contribution in [2.24, 2.45) is 0 Å². The Hall–Kier alpha value is -4.35. The minimum atomic E-state index is -0.421. The van der Waals surface area contributed by atoms with Crippen LogP contribution in [0, 0.1) is 0 Å². The van der Waals surface area contributed by atoms with Gasteiger partial charge in [0.1, 0.15) is 12.1 Å². The molecule has 0 aliphatic carbocycles. The lowest BCUT2D eigenvalue weighted by molar-refractivity contribution is -0.121. The number of carbonyl (C=O) groups excluding carboxylic acids is 2. The molecule has 1 unspecified atom stereocenters. The lowest BCUT2D eigenvalue weighted by Gasteiger charge is -2.41. The number of benzene rings is 1. The van der Waals surface area contributed by atoms with Crippen LogP contribution in [0.3, 0.4) is 0 Å². The second-order valence-electron chi connectivity index (χ2n) is 9.51. The summed E-state index contributed by atoms with van der Waals surface area (Å²) in [5, 5.41) is 2.99. The number of nitrogens with one attached hydrogen (secondary N) is 1. The Labute approximate surface area is 227 Å². The first-order valence-corrected chi connectivity index (χ1v) is 12.8. The number of imidazole rings is 1. The Morgan fingerprint density at radius 3 is 2.54 bits per heavy atom. The maximum atomic E-state index is 13.1. The highest BCUT2D eigenvalue weighted by Gasteiger charge is 2.33. The number of methoxy groups -OCH3 is 3. The number of ether oxygens (including phenoxy) is 3. The smallest absolute Gasteiger partial charge is 0.409 e. The Kier molecular flexibility index (Phi) is 8.84. The molecular weight excluding hydrogens is 502 g/mol. The molecule has 0 radical (unpaired) electrons. The summed E-state index contributed by atoms with van der Waals surface area (Å²) in [7, 11) is 4.50. The fourth-order valence-corrected chi connectivity index (χ4v) is 4.48. The van der Waals surface area contributed by atoms with Gasteiger partial charge in [-0.3, -0.25) is 9.36 Å².